The van der Waals surface area contributed by atoms with E-state index in [4.69, 9.17) is 5.73 Å². The first-order chi connectivity index (χ1) is 8.49. The summed E-state index contributed by atoms with van der Waals surface area (Å²) in [4.78, 5) is 26.3. The van der Waals surface area contributed by atoms with Gasteiger partial charge in [0.2, 0.25) is 5.91 Å². The third-order valence-electron chi connectivity index (χ3n) is 2.78. The van der Waals surface area contributed by atoms with Gasteiger partial charge in [-0.2, -0.15) is 0 Å². The molecule has 0 radical (unpaired) electrons. The first-order valence-corrected chi connectivity index (χ1v) is 5.30. The molecule has 18 heavy (non-hydrogen) atoms. The lowest BCUT2D eigenvalue weighted by Crippen LogP contribution is -2.38. The minimum Gasteiger partial charge on any atom is -0.361 e. The van der Waals surface area contributed by atoms with Crippen LogP contribution in [-0.2, 0) is 11.2 Å². The number of nitrogens with one attached hydrogen (secondary N) is 1. The predicted molar refractivity (Wildman–Crippen MR) is 64.3 cm³/mol. The number of amides is 3. The molecule has 94 valence electrons. The van der Waals surface area contributed by atoms with Gasteiger partial charge in [-0.3, -0.25) is 9.69 Å². The van der Waals surface area contributed by atoms with Crippen LogP contribution in [0, 0.1) is 5.82 Å². The number of halogens is 1. The molecule has 0 aliphatic rings. The van der Waals surface area contributed by atoms with Crippen LogP contribution in [0.3, 0.4) is 0 Å². The van der Waals surface area contributed by atoms with Crippen LogP contribution in [0.5, 0.6) is 0 Å². The largest absolute Gasteiger partial charge is 0.361 e. The molecule has 0 aliphatic heterocycles. The number of urea groups is 1. The molecule has 1 aromatic carbocycles. The maximum absolute atomic E-state index is 13.1. The third-order valence-corrected chi connectivity index (χ3v) is 2.78. The van der Waals surface area contributed by atoms with Crippen molar-refractivity contribution in [2.24, 2.45) is 5.73 Å². The van der Waals surface area contributed by atoms with E-state index in [0.717, 1.165) is 10.4 Å². The summed E-state index contributed by atoms with van der Waals surface area (Å²) in [6.07, 6.45) is 1.61. The topological polar surface area (TPSA) is 79.2 Å². The Hall–Kier alpha value is -2.37. The molecule has 2 aromatic rings. The van der Waals surface area contributed by atoms with Gasteiger partial charge < -0.3 is 10.7 Å². The van der Waals surface area contributed by atoms with E-state index in [1.165, 1.54) is 19.2 Å². The van der Waals surface area contributed by atoms with Gasteiger partial charge >= 0.3 is 6.03 Å². The Morgan fingerprint density at radius 1 is 1.44 bits per heavy atom. The van der Waals surface area contributed by atoms with Crippen molar-refractivity contribution in [1.82, 2.24) is 9.88 Å². The summed E-state index contributed by atoms with van der Waals surface area (Å²) in [7, 11) is 1.31. The molecule has 6 heteroatoms. The van der Waals surface area contributed by atoms with Crippen molar-refractivity contribution in [3.8, 4) is 0 Å². The van der Waals surface area contributed by atoms with Crippen molar-refractivity contribution in [2.45, 2.75) is 6.42 Å². The van der Waals surface area contributed by atoms with Gasteiger partial charge in [0.05, 0.1) is 6.42 Å². The predicted octanol–water partition coefficient (Wildman–Crippen LogP) is 1.39. The molecule has 0 saturated carbocycles. The second-order valence-corrected chi connectivity index (χ2v) is 3.97. The molecule has 0 bridgehead atoms. The van der Waals surface area contributed by atoms with Crippen LogP contribution in [0.25, 0.3) is 10.9 Å². The van der Waals surface area contributed by atoms with E-state index in [1.807, 2.05) is 0 Å². The number of aromatic nitrogens is 1. The first-order valence-electron chi connectivity index (χ1n) is 5.30. The standard InChI is InChI=1S/C12H12FN3O2/c1-16(12(14)18)11(17)4-7-6-15-10-3-2-8(13)5-9(7)10/h2-3,5-6,15H,4H2,1H3,(H2,14,18). The molecule has 5 nitrogen and oxygen atoms in total. The zero-order valence-electron chi connectivity index (χ0n) is 9.74. The van der Waals surface area contributed by atoms with Crippen molar-refractivity contribution in [3.63, 3.8) is 0 Å². The van der Waals surface area contributed by atoms with Gasteiger partial charge in [0.25, 0.3) is 0 Å². The Kier molecular flexibility index (Phi) is 3.01. The molecule has 3 N–H and O–H groups in total. The fraction of sp³-hybridized carbons (Fsp3) is 0.167. The molecule has 1 heterocycles. The number of likely N-dealkylation sites (N-methyl/N-ethyl adjacent to an activating group) is 1. The van der Waals surface area contributed by atoms with Crippen molar-refractivity contribution < 1.29 is 14.0 Å². The number of imide groups is 1. The van der Waals surface area contributed by atoms with Crippen LogP contribution in [0.4, 0.5) is 9.18 Å². The van der Waals surface area contributed by atoms with E-state index in [-0.39, 0.29) is 12.2 Å². The van der Waals surface area contributed by atoms with Crippen molar-refractivity contribution in [3.05, 3.63) is 35.8 Å². The molecule has 0 saturated heterocycles. The van der Waals surface area contributed by atoms with Crippen LogP contribution in [-0.4, -0.2) is 28.9 Å². The molecule has 0 fully saturated rings. The van der Waals surface area contributed by atoms with Gasteiger partial charge in [-0.05, 0) is 23.8 Å². The van der Waals surface area contributed by atoms with E-state index in [2.05, 4.69) is 4.98 Å². The number of hydrogen-bond donors (Lipinski definition) is 2. The van der Waals surface area contributed by atoms with E-state index >= 15 is 0 Å². The summed E-state index contributed by atoms with van der Waals surface area (Å²) >= 11 is 0. The van der Waals surface area contributed by atoms with E-state index in [9.17, 15) is 14.0 Å². The fourth-order valence-electron chi connectivity index (χ4n) is 1.70. The number of fused-ring (bicyclic) bond motifs is 1. The quantitative estimate of drug-likeness (QED) is 0.843. The van der Waals surface area contributed by atoms with Gasteiger partial charge in [-0.1, -0.05) is 0 Å². The Labute approximate surface area is 102 Å². The van der Waals surface area contributed by atoms with Gasteiger partial charge in [-0.25, -0.2) is 9.18 Å². The van der Waals surface area contributed by atoms with E-state index in [0.29, 0.717) is 10.9 Å². The number of carbonyl (C=O) groups is 2. The molecule has 0 spiro atoms. The van der Waals surface area contributed by atoms with Gasteiger partial charge in [-0.15, -0.1) is 0 Å². The van der Waals surface area contributed by atoms with Crippen LogP contribution in [0.2, 0.25) is 0 Å². The average Bonchev–Trinajstić information content (AvgIpc) is 2.70. The summed E-state index contributed by atoms with van der Waals surface area (Å²) in [5.41, 5.74) is 6.37. The first kappa shape index (κ1) is 12.1. The number of rotatable bonds is 2. The van der Waals surface area contributed by atoms with E-state index < -0.39 is 11.9 Å². The van der Waals surface area contributed by atoms with Crippen molar-refractivity contribution in [1.29, 1.82) is 0 Å². The Morgan fingerprint density at radius 3 is 2.83 bits per heavy atom. The monoisotopic (exact) mass is 249 g/mol. The van der Waals surface area contributed by atoms with Crippen LogP contribution < -0.4 is 5.73 Å². The second kappa shape index (κ2) is 4.48. The molecule has 0 atom stereocenters. The lowest BCUT2D eigenvalue weighted by molar-refractivity contribution is -0.126. The van der Waals surface area contributed by atoms with Crippen LogP contribution in [0.15, 0.2) is 24.4 Å². The molecular formula is C12H12FN3O2. The molecular weight excluding hydrogens is 237 g/mol. The summed E-state index contributed by atoms with van der Waals surface area (Å²) in [5.74, 6) is -0.813. The Balaban J connectivity index is 2.29. The zero-order chi connectivity index (χ0) is 13.3. The number of primary amides is 1. The number of benzene rings is 1. The molecule has 3 amide bonds. The summed E-state index contributed by atoms with van der Waals surface area (Å²) in [6, 6.07) is 3.46. The maximum Gasteiger partial charge on any atom is 0.321 e. The highest BCUT2D eigenvalue weighted by Gasteiger charge is 2.16. The smallest absolute Gasteiger partial charge is 0.321 e. The molecule has 0 aliphatic carbocycles. The molecule has 2 rings (SSSR count). The average molecular weight is 249 g/mol. The number of nitrogens with zero attached hydrogens (tertiary/aromatic N) is 1. The highest BCUT2D eigenvalue weighted by atomic mass is 19.1. The Bertz CT molecular complexity index is 621. The normalized spacial score (nSPS) is 10.6. The lowest BCUT2D eigenvalue weighted by atomic mass is 10.1. The van der Waals surface area contributed by atoms with E-state index in [1.54, 1.807) is 12.3 Å². The minimum atomic E-state index is -0.814. The summed E-state index contributed by atoms with van der Waals surface area (Å²) in [6.45, 7) is 0. The van der Waals surface area contributed by atoms with Crippen LogP contribution >= 0.6 is 0 Å². The molecule has 1 aromatic heterocycles. The van der Waals surface area contributed by atoms with Crippen LogP contribution in [0.1, 0.15) is 5.56 Å². The number of hydrogen-bond acceptors (Lipinski definition) is 2. The van der Waals surface area contributed by atoms with Crippen molar-refractivity contribution >= 4 is 22.8 Å². The van der Waals surface area contributed by atoms with Gasteiger partial charge in [0.15, 0.2) is 0 Å². The number of H-pyrrole nitrogens is 1. The minimum absolute atomic E-state index is 0.0110. The zero-order valence-corrected chi connectivity index (χ0v) is 9.74. The fourth-order valence-corrected chi connectivity index (χ4v) is 1.70. The molecule has 0 unspecified atom stereocenters. The number of nitrogens with two attached hydrogens (primary N) is 1. The van der Waals surface area contributed by atoms with Gasteiger partial charge in [0, 0.05) is 24.1 Å². The Morgan fingerprint density at radius 2 is 2.17 bits per heavy atom. The second-order valence-electron chi connectivity index (χ2n) is 3.97. The number of carbonyl (C=O) groups excluding carboxylic acids is 2. The summed E-state index contributed by atoms with van der Waals surface area (Å²) < 4.78 is 13.1. The summed E-state index contributed by atoms with van der Waals surface area (Å²) in [5, 5.41) is 0.626. The van der Waals surface area contributed by atoms with Gasteiger partial charge in [0.1, 0.15) is 5.82 Å². The third kappa shape index (κ3) is 2.17. The lowest BCUT2D eigenvalue weighted by Gasteiger charge is -2.11. The highest BCUT2D eigenvalue weighted by molar-refractivity contribution is 5.96. The maximum atomic E-state index is 13.1. The highest BCUT2D eigenvalue weighted by Crippen LogP contribution is 2.20. The SMILES string of the molecule is CN(C(N)=O)C(=O)Cc1c[nH]c2ccc(F)cc12. The van der Waals surface area contributed by atoms with Crippen molar-refractivity contribution in [2.75, 3.05) is 7.05 Å². The number of aromatic amines is 1.